The highest BCUT2D eigenvalue weighted by atomic mass is 32.1. The number of esters is 1. The minimum atomic E-state index is -0.519. The summed E-state index contributed by atoms with van der Waals surface area (Å²) >= 11 is 1.40. The quantitative estimate of drug-likeness (QED) is 0.0526. The van der Waals surface area contributed by atoms with E-state index >= 15 is 0 Å². The molecule has 0 radical (unpaired) electrons. The van der Waals surface area contributed by atoms with Crippen molar-refractivity contribution < 1.29 is 24.0 Å². The van der Waals surface area contributed by atoms with Gasteiger partial charge in [-0.05, 0) is 54.3 Å². The zero-order valence-corrected chi connectivity index (χ0v) is 22.9. The normalized spacial score (nSPS) is 11.5. The average Bonchev–Trinajstić information content (AvgIpc) is 3.60. The SMILES string of the molecule is C=CC(=O)OCCn1c2ccc(C(=O)c3cccs3)cc2c2cc(/C(=N/OC(C)=O)c3ccccc3C)ccc21. The predicted octanol–water partition coefficient (Wildman–Crippen LogP) is 6.44. The smallest absolute Gasteiger partial charge is 0.332 e. The standard InChI is InChI=1S/C32H26N2O5S/c1-4-30(36)38-16-15-34-27-13-11-22(31(33-39-21(3)35)24-9-6-5-8-20(24)2)18-25(27)26-19-23(12-14-28(26)34)32(37)29-10-7-17-40-29/h4-14,17-19H,1,15-16H2,2-3H3/b33-31-. The molecule has 7 nitrogen and oxygen atoms in total. The number of ether oxygens (including phenoxy) is 1. The summed E-state index contributed by atoms with van der Waals surface area (Å²) in [6, 6.07) is 22.9. The minimum Gasteiger partial charge on any atom is -0.461 e. The molecule has 0 aliphatic heterocycles. The van der Waals surface area contributed by atoms with E-state index in [2.05, 4.69) is 16.3 Å². The number of thiophene rings is 1. The number of oxime groups is 1. The lowest BCUT2D eigenvalue weighted by Crippen LogP contribution is -2.10. The van der Waals surface area contributed by atoms with Crippen LogP contribution in [0.3, 0.4) is 0 Å². The lowest BCUT2D eigenvalue weighted by molar-refractivity contribution is -0.141. The number of hydrogen-bond acceptors (Lipinski definition) is 7. The molecule has 5 rings (SSSR count). The van der Waals surface area contributed by atoms with E-state index in [0.717, 1.165) is 44.6 Å². The summed E-state index contributed by atoms with van der Waals surface area (Å²) in [5.41, 5.74) is 5.42. The Labute approximate surface area is 234 Å². The molecule has 0 aliphatic rings. The van der Waals surface area contributed by atoms with Crippen LogP contribution in [0.1, 0.15) is 38.8 Å². The molecule has 0 aliphatic carbocycles. The number of hydrogen-bond donors (Lipinski definition) is 0. The molecule has 8 heteroatoms. The number of ketones is 1. The van der Waals surface area contributed by atoms with E-state index in [4.69, 9.17) is 9.57 Å². The number of carbonyl (C=O) groups excluding carboxylic acids is 3. The third-order valence-corrected chi connectivity index (χ3v) is 7.41. The van der Waals surface area contributed by atoms with Crippen molar-refractivity contribution in [3.63, 3.8) is 0 Å². The molecule has 3 aromatic carbocycles. The Balaban J connectivity index is 1.69. The number of rotatable bonds is 9. The molecule has 0 N–H and O–H groups in total. The fraction of sp³-hybridized carbons (Fsp3) is 0.125. The fourth-order valence-electron chi connectivity index (χ4n) is 4.69. The molecule has 0 saturated carbocycles. The largest absolute Gasteiger partial charge is 0.461 e. The number of nitrogens with zero attached hydrogens (tertiary/aromatic N) is 2. The van der Waals surface area contributed by atoms with E-state index in [-0.39, 0.29) is 12.4 Å². The molecular weight excluding hydrogens is 524 g/mol. The summed E-state index contributed by atoms with van der Waals surface area (Å²) in [6.07, 6.45) is 1.14. The van der Waals surface area contributed by atoms with Crippen LogP contribution >= 0.6 is 11.3 Å². The van der Waals surface area contributed by atoms with E-state index in [1.54, 1.807) is 0 Å². The van der Waals surface area contributed by atoms with Crippen molar-refractivity contribution in [3.8, 4) is 0 Å². The summed E-state index contributed by atoms with van der Waals surface area (Å²) in [5.74, 6) is -1.06. The fourth-order valence-corrected chi connectivity index (χ4v) is 5.37. The van der Waals surface area contributed by atoms with Gasteiger partial charge in [0.2, 0.25) is 5.78 Å². The van der Waals surface area contributed by atoms with Gasteiger partial charge in [0.1, 0.15) is 12.3 Å². The summed E-state index contributed by atoms with van der Waals surface area (Å²) in [6.45, 7) is 7.29. The van der Waals surface area contributed by atoms with Gasteiger partial charge in [-0.15, -0.1) is 11.3 Å². The number of benzene rings is 3. The van der Waals surface area contributed by atoms with Crippen LogP contribution in [0.15, 0.2) is 96.0 Å². The van der Waals surface area contributed by atoms with Crippen molar-refractivity contribution in [3.05, 3.63) is 118 Å². The van der Waals surface area contributed by atoms with Crippen molar-refractivity contribution in [1.82, 2.24) is 4.57 Å². The molecule has 0 atom stereocenters. The van der Waals surface area contributed by atoms with Gasteiger partial charge >= 0.3 is 11.9 Å². The Kier molecular flexibility index (Phi) is 7.70. The van der Waals surface area contributed by atoms with E-state index in [1.807, 2.05) is 85.1 Å². The molecule has 40 heavy (non-hydrogen) atoms. The van der Waals surface area contributed by atoms with Gasteiger partial charge in [0.05, 0.1) is 11.4 Å². The second-order valence-corrected chi connectivity index (χ2v) is 10.1. The number of aryl methyl sites for hydroxylation is 1. The molecule has 0 unspecified atom stereocenters. The second-order valence-electron chi connectivity index (χ2n) is 9.13. The molecule has 0 bridgehead atoms. The van der Waals surface area contributed by atoms with E-state index in [1.165, 1.54) is 18.3 Å². The van der Waals surface area contributed by atoms with Crippen molar-refractivity contribution >= 4 is 56.6 Å². The van der Waals surface area contributed by atoms with Gasteiger partial charge in [-0.25, -0.2) is 9.59 Å². The van der Waals surface area contributed by atoms with Gasteiger partial charge in [0, 0.05) is 51.5 Å². The van der Waals surface area contributed by atoms with E-state index < -0.39 is 11.9 Å². The van der Waals surface area contributed by atoms with Crippen LogP contribution in [0, 0.1) is 6.92 Å². The molecule has 2 aromatic heterocycles. The van der Waals surface area contributed by atoms with Gasteiger partial charge in [-0.1, -0.05) is 48.1 Å². The predicted molar refractivity (Wildman–Crippen MR) is 157 cm³/mol. The maximum absolute atomic E-state index is 13.2. The Morgan fingerprint density at radius 3 is 2.30 bits per heavy atom. The second kappa shape index (κ2) is 11.5. The van der Waals surface area contributed by atoms with Crippen LogP contribution in [-0.4, -0.2) is 34.6 Å². The third-order valence-electron chi connectivity index (χ3n) is 6.54. The Hall–Kier alpha value is -4.82. The Morgan fingerprint density at radius 1 is 0.950 bits per heavy atom. The zero-order chi connectivity index (χ0) is 28.2. The first-order valence-electron chi connectivity index (χ1n) is 12.6. The van der Waals surface area contributed by atoms with Crippen molar-refractivity contribution in [1.29, 1.82) is 0 Å². The highest BCUT2D eigenvalue weighted by molar-refractivity contribution is 7.12. The summed E-state index contributed by atoms with van der Waals surface area (Å²) < 4.78 is 7.32. The van der Waals surface area contributed by atoms with Crippen molar-refractivity contribution in [2.24, 2.45) is 5.16 Å². The lowest BCUT2D eigenvalue weighted by Gasteiger charge is -2.11. The van der Waals surface area contributed by atoms with Crippen LogP contribution in [0.2, 0.25) is 0 Å². The minimum absolute atomic E-state index is 0.0501. The number of fused-ring (bicyclic) bond motifs is 3. The zero-order valence-electron chi connectivity index (χ0n) is 22.0. The summed E-state index contributed by atoms with van der Waals surface area (Å²) in [4.78, 5) is 42.3. The van der Waals surface area contributed by atoms with Crippen LogP contribution in [0.4, 0.5) is 0 Å². The van der Waals surface area contributed by atoms with Gasteiger partial charge in [0.15, 0.2) is 0 Å². The van der Waals surface area contributed by atoms with Crippen molar-refractivity contribution in [2.75, 3.05) is 6.61 Å². The van der Waals surface area contributed by atoms with Crippen LogP contribution in [-0.2, 0) is 25.7 Å². The average molecular weight is 551 g/mol. The highest BCUT2D eigenvalue weighted by Gasteiger charge is 2.18. The monoisotopic (exact) mass is 550 g/mol. The van der Waals surface area contributed by atoms with Gasteiger partial charge in [-0.2, -0.15) is 0 Å². The summed E-state index contributed by atoms with van der Waals surface area (Å²) in [5, 5.41) is 7.84. The van der Waals surface area contributed by atoms with Gasteiger partial charge < -0.3 is 14.1 Å². The van der Waals surface area contributed by atoms with E-state index in [0.29, 0.717) is 22.7 Å². The molecule has 0 spiro atoms. The van der Waals surface area contributed by atoms with Gasteiger partial charge in [0.25, 0.3) is 0 Å². The lowest BCUT2D eigenvalue weighted by atomic mass is 9.97. The molecule has 200 valence electrons. The first-order chi connectivity index (χ1) is 19.4. The molecule has 0 fully saturated rings. The number of aromatic nitrogens is 1. The third kappa shape index (κ3) is 5.34. The van der Waals surface area contributed by atoms with E-state index in [9.17, 15) is 14.4 Å². The van der Waals surface area contributed by atoms with Crippen LogP contribution in [0.5, 0.6) is 0 Å². The summed E-state index contributed by atoms with van der Waals surface area (Å²) in [7, 11) is 0. The Bertz CT molecular complexity index is 1800. The Morgan fingerprint density at radius 2 is 1.65 bits per heavy atom. The topological polar surface area (TPSA) is 87.0 Å². The van der Waals surface area contributed by atoms with Crippen molar-refractivity contribution in [2.45, 2.75) is 20.4 Å². The maximum atomic E-state index is 13.2. The van der Waals surface area contributed by atoms with Crippen LogP contribution in [0.25, 0.3) is 21.8 Å². The highest BCUT2D eigenvalue weighted by Crippen LogP contribution is 2.32. The first kappa shape index (κ1) is 26.8. The van der Waals surface area contributed by atoms with Gasteiger partial charge in [-0.3, -0.25) is 4.79 Å². The molecule has 2 heterocycles. The first-order valence-corrected chi connectivity index (χ1v) is 13.5. The molecule has 0 amide bonds. The molecule has 0 saturated heterocycles. The maximum Gasteiger partial charge on any atom is 0.332 e. The molecule has 5 aromatic rings. The number of carbonyl (C=O) groups is 3. The van der Waals surface area contributed by atoms with Crippen LogP contribution < -0.4 is 0 Å². The molecular formula is C32H26N2O5S.